The van der Waals surface area contributed by atoms with Gasteiger partial charge in [-0.1, -0.05) is 18.2 Å². The lowest BCUT2D eigenvalue weighted by Gasteiger charge is -2.26. The first-order valence-electron chi connectivity index (χ1n) is 6.44. The summed E-state index contributed by atoms with van der Waals surface area (Å²) in [5, 5.41) is 14.4. The molecule has 0 unspecified atom stereocenters. The van der Waals surface area contributed by atoms with Gasteiger partial charge >= 0.3 is 0 Å². The van der Waals surface area contributed by atoms with Crippen molar-refractivity contribution in [1.29, 1.82) is 0 Å². The predicted octanol–water partition coefficient (Wildman–Crippen LogP) is 0.879. The minimum absolute atomic E-state index is 0.119. The van der Waals surface area contributed by atoms with Crippen molar-refractivity contribution in [1.82, 2.24) is 30.5 Å². The number of carbonyl (C=O) groups is 1. The number of amides is 1. The smallest absolute Gasteiger partial charge is 0.295 e. The molecule has 0 fully saturated rings. The average molecular weight is 268 g/mol. The van der Waals surface area contributed by atoms with Gasteiger partial charge in [0.2, 0.25) is 0 Å². The highest BCUT2D eigenvalue weighted by Crippen LogP contribution is 2.27. The van der Waals surface area contributed by atoms with Gasteiger partial charge < -0.3 is 9.88 Å². The highest BCUT2D eigenvalue weighted by molar-refractivity contribution is 5.91. The van der Waals surface area contributed by atoms with Crippen molar-refractivity contribution >= 4 is 16.8 Å². The lowest BCUT2D eigenvalue weighted by molar-refractivity contribution is 0.0722. The molecule has 100 valence electrons. The zero-order valence-electron chi connectivity index (χ0n) is 10.6. The van der Waals surface area contributed by atoms with Gasteiger partial charge in [0.05, 0.1) is 0 Å². The summed E-state index contributed by atoms with van der Waals surface area (Å²) in [6.07, 6.45) is 0.813. The quantitative estimate of drug-likeness (QED) is 0.685. The van der Waals surface area contributed by atoms with E-state index in [0.29, 0.717) is 13.1 Å². The minimum Gasteiger partial charge on any atom is -0.358 e. The summed E-state index contributed by atoms with van der Waals surface area (Å²) in [4.78, 5) is 17.4. The molecule has 1 aliphatic heterocycles. The van der Waals surface area contributed by atoms with E-state index in [0.717, 1.165) is 11.9 Å². The number of benzene rings is 1. The van der Waals surface area contributed by atoms with Crippen molar-refractivity contribution in [3.8, 4) is 0 Å². The van der Waals surface area contributed by atoms with Gasteiger partial charge in [-0.25, -0.2) is 0 Å². The Morgan fingerprint density at radius 3 is 3.05 bits per heavy atom. The molecular formula is C13H12N6O. The van der Waals surface area contributed by atoms with Crippen LogP contribution >= 0.6 is 0 Å². The van der Waals surface area contributed by atoms with Crippen LogP contribution in [0.2, 0.25) is 0 Å². The van der Waals surface area contributed by atoms with Crippen LogP contribution in [0.25, 0.3) is 10.9 Å². The third-order valence-corrected chi connectivity index (χ3v) is 3.71. The summed E-state index contributed by atoms with van der Waals surface area (Å²) < 4.78 is 0. The Labute approximate surface area is 114 Å². The first-order chi connectivity index (χ1) is 9.83. The van der Waals surface area contributed by atoms with Crippen LogP contribution in [0.15, 0.2) is 24.3 Å². The summed E-state index contributed by atoms with van der Waals surface area (Å²) in [6.45, 7) is 1.24. The van der Waals surface area contributed by atoms with Gasteiger partial charge in [0.15, 0.2) is 0 Å². The number of hydrogen-bond acceptors (Lipinski definition) is 4. The van der Waals surface area contributed by atoms with E-state index < -0.39 is 0 Å². The Morgan fingerprint density at radius 1 is 1.30 bits per heavy atom. The maximum atomic E-state index is 12.3. The van der Waals surface area contributed by atoms with Crippen molar-refractivity contribution < 1.29 is 4.79 Å². The second kappa shape index (κ2) is 4.16. The topological polar surface area (TPSA) is 90.6 Å². The van der Waals surface area contributed by atoms with Crippen molar-refractivity contribution in [2.75, 3.05) is 6.54 Å². The fourth-order valence-electron chi connectivity index (χ4n) is 2.73. The summed E-state index contributed by atoms with van der Waals surface area (Å²) >= 11 is 0. The molecule has 0 atom stereocenters. The molecule has 3 heterocycles. The van der Waals surface area contributed by atoms with Crippen LogP contribution in [0.5, 0.6) is 0 Å². The number of aromatic nitrogens is 5. The van der Waals surface area contributed by atoms with E-state index in [2.05, 4.69) is 37.7 Å². The number of nitrogens with zero attached hydrogens (tertiary/aromatic N) is 4. The average Bonchev–Trinajstić information content (AvgIpc) is 3.13. The first kappa shape index (κ1) is 11.2. The molecule has 2 aromatic heterocycles. The van der Waals surface area contributed by atoms with Crippen LogP contribution in [-0.2, 0) is 13.0 Å². The molecule has 2 N–H and O–H groups in total. The minimum atomic E-state index is -0.185. The Morgan fingerprint density at radius 2 is 2.20 bits per heavy atom. The summed E-state index contributed by atoms with van der Waals surface area (Å²) in [6, 6.07) is 8.15. The van der Waals surface area contributed by atoms with Gasteiger partial charge in [0.1, 0.15) is 0 Å². The molecule has 0 saturated heterocycles. The zero-order valence-corrected chi connectivity index (χ0v) is 10.6. The van der Waals surface area contributed by atoms with Crippen molar-refractivity contribution in [2.24, 2.45) is 0 Å². The Bertz CT molecular complexity index is 775. The number of tetrazole rings is 1. The zero-order chi connectivity index (χ0) is 13.5. The van der Waals surface area contributed by atoms with Crippen molar-refractivity contribution in [3.05, 3.63) is 41.3 Å². The highest BCUT2D eigenvalue weighted by atomic mass is 16.2. The van der Waals surface area contributed by atoms with Crippen molar-refractivity contribution in [2.45, 2.75) is 13.0 Å². The van der Waals surface area contributed by atoms with E-state index in [-0.39, 0.29) is 11.7 Å². The SMILES string of the molecule is O=C(c1nn[nH]n1)N1CCc2[nH]c3ccccc3c2C1. The largest absolute Gasteiger partial charge is 0.358 e. The lowest BCUT2D eigenvalue weighted by Crippen LogP contribution is -2.36. The third kappa shape index (κ3) is 1.59. The molecular weight excluding hydrogens is 256 g/mol. The Hall–Kier alpha value is -2.70. The standard InChI is InChI=1S/C13H12N6O/c20-13(12-15-17-18-16-12)19-6-5-11-9(7-19)8-3-1-2-4-10(8)14-11/h1-4,14H,5-7H2,(H,15,16,17,18). The molecule has 0 aliphatic carbocycles. The normalized spacial score (nSPS) is 14.5. The van der Waals surface area contributed by atoms with Gasteiger partial charge in [-0.2, -0.15) is 5.21 Å². The van der Waals surface area contributed by atoms with Crippen LogP contribution in [0, 0.1) is 0 Å². The van der Waals surface area contributed by atoms with Crippen LogP contribution in [-0.4, -0.2) is 43.0 Å². The van der Waals surface area contributed by atoms with Gasteiger partial charge in [-0.05, 0) is 11.3 Å². The van der Waals surface area contributed by atoms with Crippen molar-refractivity contribution in [3.63, 3.8) is 0 Å². The number of carbonyl (C=O) groups excluding carboxylic acids is 1. The van der Waals surface area contributed by atoms with Gasteiger partial charge in [0, 0.05) is 41.7 Å². The Kier molecular flexibility index (Phi) is 2.32. The number of hydrogen-bond donors (Lipinski definition) is 2. The van der Waals surface area contributed by atoms with E-state index in [1.54, 1.807) is 4.90 Å². The molecule has 7 heteroatoms. The summed E-state index contributed by atoms with van der Waals surface area (Å²) in [5.74, 6) is -0.0667. The van der Waals surface area contributed by atoms with Crippen LogP contribution in [0.1, 0.15) is 21.9 Å². The maximum Gasteiger partial charge on any atom is 0.295 e. The van der Waals surface area contributed by atoms with E-state index >= 15 is 0 Å². The number of fused-ring (bicyclic) bond motifs is 3. The van der Waals surface area contributed by atoms with E-state index in [9.17, 15) is 4.79 Å². The molecule has 7 nitrogen and oxygen atoms in total. The Balaban J connectivity index is 1.71. The first-order valence-corrected chi connectivity index (χ1v) is 6.44. The van der Waals surface area contributed by atoms with E-state index in [4.69, 9.17) is 0 Å². The molecule has 0 saturated carbocycles. The number of aromatic amines is 2. The predicted molar refractivity (Wildman–Crippen MR) is 70.9 cm³/mol. The molecule has 1 aliphatic rings. The monoisotopic (exact) mass is 268 g/mol. The molecule has 0 spiro atoms. The molecule has 1 amide bonds. The molecule has 1 aromatic carbocycles. The third-order valence-electron chi connectivity index (χ3n) is 3.71. The van der Waals surface area contributed by atoms with E-state index in [1.165, 1.54) is 16.6 Å². The van der Waals surface area contributed by atoms with Crippen LogP contribution < -0.4 is 0 Å². The maximum absolute atomic E-state index is 12.3. The molecule has 0 bridgehead atoms. The molecule has 4 rings (SSSR count). The molecule has 3 aromatic rings. The number of H-pyrrole nitrogens is 2. The van der Waals surface area contributed by atoms with Gasteiger partial charge in [-0.3, -0.25) is 4.79 Å². The van der Waals surface area contributed by atoms with Gasteiger partial charge in [0.25, 0.3) is 11.7 Å². The summed E-state index contributed by atoms with van der Waals surface area (Å²) in [7, 11) is 0. The summed E-state index contributed by atoms with van der Waals surface area (Å²) in [5.41, 5.74) is 3.51. The number of para-hydroxylation sites is 1. The second-order valence-corrected chi connectivity index (χ2v) is 4.84. The fraction of sp³-hybridized carbons (Fsp3) is 0.231. The highest BCUT2D eigenvalue weighted by Gasteiger charge is 2.26. The second-order valence-electron chi connectivity index (χ2n) is 4.84. The fourth-order valence-corrected chi connectivity index (χ4v) is 2.73. The van der Waals surface area contributed by atoms with Crippen LogP contribution in [0.4, 0.5) is 0 Å². The number of rotatable bonds is 1. The molecule has 0 radical (unpaired) electrons. The number of nitrogens with one attached hydrogen (secondary N) is 2. The van der Waals surface area contributed by atoms with E-state index in [1.807, 2.05) is 12.1 Å². The van der Waals surface area contributed by atoms with Crippen LogP contribution in [0.3, 0.4) is 0 Å². The van der Waals surface area contributed by atoms with Gasteiger partial charge in [-0.15, -0.1) is 10.2 Å². The lowest BCUT2D eigenvalue weighted by atomic mass is 10.0. The molecule has 20 heavy (non-hydrogen) atoms.